The Balaban J connectivity index is 1.46. The summed E-state index contributed by atoms with van der Waals surface area (Å²) < 4.78 is 21.7. The molecule has 41 heavy (non-hydrogen) atoms. The third-order valence-electron chi connectivity index (χ3n) is 6.63. The summed E-state index contributed by atoms with van der Waals surface area (Å²) in [6, 6.07) is 12.5. The highest BCUT2D eigenvalue weighted by Crippen LogP contribution is 2.45. The van der Waals surface area contributed by atoms with Crippen LogP contribution in [-0.2, 0) is 0 Å². The number of fused-ring (bicyclic) bond motifs is 1. The van der Waals surface area contributed by atoms with Crippen molar-refractivity contribution in [1.82, 2.24) is 35.1 Å². The Morgan fingerprint density at radius 1 is 1.07 bits per heavy atom. The molecule has 0 saturated heterocycles. The molecular weight excluding hydrogens is 525 g/mol. The zero-order chi connectivity index (χ0) is 28.6. The van der Waals surface area contributed by atoms with Crippen molar-refractivity contribution in [2.24, 2.45) is 16.8 Å². The maximum absolute atomic E-state index is 16.2. The molecule has 2 amide bonds. The largest absolute Gasteiger partial charge is 0.457 e. The second-order valence-corrected chi connectivity index (χ2v) is 9.68. The standard InChI is InChI=1S/C29H24FN9O2/c1-17(2)25-12-28(37-29(31)40)39(38-25,20-3-5-24-18(9-20)13-32-16-34-24)27-6-4-21(10-23(27)30)41-22-7-8-33-26(11-22)19-14-35-36-15-19/h3-17H,1-2H3,(H3-,31,33,35,36,37,38,40)/p+1. The van der Waals surface area contributed by atoms with Crippen LogP contribution in [0.2, 0.25) is 0 Å². The van der Waals surface area contributed by atoms with E-state index in [2.05, 4.69) is 30.5 Å². The Bertz CT molecular complexity index is 1840. The van der Waals surface area contributed by atoms with Crippen LogP contribution in [-0.4, -0.2) is 36.9 Å². The molecule has 1 unspecified atom stereocenters. The molecule has 0 spiro atoms. The molecule has 1 aliphatic rings. The van der Waals surface area contributed by atoms with E-state index in [1.165, 1.54) is 12.4 Å². The van der Waals surface area contributed by atoms with Gasteiger partial charge >= 0.3 is 6.03 Å². The zero-order valence-corrected chi connectivity index (χ0v) is 22.1. The average molecular weight is 551 g/mol. The average Bonchev–Trinajstić information content (AvgIpc) is 3.62. The lowest BCUT2D eigenvalue weighted by atomic mass is 10.1. The van der Waals surface area contributed by atoms with Crippen LogP contribution in [0.1, 0.15) is 13.8 Å². The molecule has 6 rings (SSSR count). The van der Waals surface area contributed by atoms with Crippen LogP contribution in [0.25, 0.3) is 22.2 Å². The Morgan fingerprint density at radius 2 is 1.93 bits per heavy atom. The van der Waals surface area contributed by atoms with E-state index in [1.807, 2.05) is 19.9 Å². The maximum Gasteiger partial charge on any atom is 0.320 e. The molecule has 1 atom stereocenters. The van der Waals surface area contributed by atoms with Crippen LogP contribution >= 0.6 is 0 Å². The smallest absolute Gasteiger partial charge is 0.320 e. The summed E-state index contributed by atoms with van der Waals surface area (Å²) in [5.74, 6) is 0.386. The van der Waals surface area contributed by atoms with E-state index >= 15 is 4.39 Å². The van der Waals surface area contributed by atoms with Crippen molar-refractivity contribution in [2.75, 3.05) is 0 Å². The van der Waals surface area contributed by atoms with Gasteiger partial charge in [-0.15, -0.1) is 0 Å². The Kier molecular flexibility index (Phi) is 6.44. The van der Waals surface area contributed by atoms with Crippen molar-refractivity contribution in [1.29, 1.82) is 0 Å². The lowest BCUT2D eigenvalue weighted by Gasteiger charge is -2.30. The number of benzene rings is 2. The zero-order valence-electron chi connectivity index (χ0n) is 22.1. The Hall–Kier alpha value is -5.49. The number of amides is 2. The number of aromatic nitrogens is 5. The normalized spacial score (nSPS) is 16.5. The first kappa shape index (κ1) is 25.8. The van der Waals surface area contributed by atoms with Crippen LogP contribution in [0.4, 0.5) is 20.6 Å². The number of allylic oxidation sites excluding steroid dienone is 1. The fourth-order valence-corrected chi connectivity index (χ4v) is 4.68. The van der Waals surface area contributed by atoms with Gasteiger partial charge in [-0.25, -0.2) is 19.2 Å². The number of halogens is 1. The van der Waals surface area contributed by atoms with E-state index in [4.69, 9.17) is 15.6 Å². The van der Waals surface area contributed by atoms with Crippen LogP contribution in [0.5, 0.6) is 11.5 Å². The minimum Gasteiger partial charge on any atom is -0.457 e. The summed E-state index contributed by atoms with van der Waals surface area (Å²) in [6.45, 7) is 3.93. The third kappa shape index (κ3) is 4.76. The summed E-state index contributed by atoms with van der Waals surface area (Å²) in [6.07, 6.45) is 9.81. The first-order chi connectivity index (χ1) is 19.8. The number of hydrogen-bond donors (Lipinski definition) is 3. The highest BCUT2D eigenvalue weighted by molar-refractivity contribution is 6.01. The highest BCUT2D eigenvalue weighted by atomic mass is 19.1. The number of carbonyl (C=O) groups excluding carboxylic acids is 1. The second kappa shape index (κ2) is 10.2. The van der Waals surface area contributed by atoms with Crippen molar-refractivity contribution < 1.29 is 13.9 Å². The van der Waals surface area contributed by atoms with Crippen molar-refractivity contribution in [2.45, 2.75) is 13.8 Å². The number of rotatable bonds is 7. The molecule has 0 fully saturated rings. The molecule has 4 heterocycles. The molecule has 12 heteroatoms. The summed E-state index contributed by atoms with van der Waals surface area (Å²) in [5, 5.41) is 15.1. The topological polar surface area (TPSA) is 144 Å². The monoisotopic (exact) mass is 550 g/mol. The molecule has 3 aromatic heterocycles. The van der Waals surface area contributed by atoms with E-state index in [1.54, 1.807) is 67.3 Å². The highest BCUT2D eigenvalue weighted by Gasteiger charge is 2.47. The predicted octanol–water partition coefficient (Wildman–Crippen LogP) is 5.52. The summed E-state index contributed by atoms with van der Waals surface area (Å²) in [7, 11) is 0. The number of nitrogens with two attached hydrogens (primary N) is 1. The minimum atomic E-state index is -0.797. The number of carbonyl (C=O) groups is 1. The molecule has 0 bridgehead atoms. The molecular formula is C29H25FN9O2+. The van der Waals surface area contributed by atoms with Crippen molar-refractivity contribution >= 4 is 34.0 Å². The van der Waals surface area contributed by atoms with Crippen LogP contribution in [0.3, 0.4) is 0 Å². The molecule has 11 nitrogen and oxygen atoms in total. The summed E-state index contributed by atoms with van der Waals surface area (Å²) >= 11 is 0. The molecule has 5 aromatic rings. The Labute approximate surface area is 233 Å². The molecule has 0 saturated carbocycles. The van der Waals surface area contributed by atoms with E-state index in [9.17, 15) is 4.79 Å². The van der Waals surface area contributed by atoms with E-state index in [0.717, 1.165) is 10.9 Å². The van der Waals surface area contributed by atoms with Crippen molar-refractivity contribution in [3.05, 3.63) is 97.4 Å². The van der Waals surface area contributed by atoms with Gasteiger partial charge in [0, 0.05) is 71.9 Å². The van der Waals surface area contributed by atoms with Crippen LogP contribution in [0.15, 0.2) is 96.6 Å². The van der Waals surface area contributed by atoms with Crippen LogP contribution in [0, 0.1) is 11.7 Å². The molecule has 4 N–H and O–H groups in total. The molecule has 1 aliphatic heterocycles. The number of nitrogens with zero attached hydrogens (tertiary/aromatic N) is 6. The molecule has 0 radical (unpaired) electrons. The van der Waals surface area contributed by atoms with Gasteiger partial charge in [0.15, 0.2) is 11.5 Å². The van der Waals surface area contributed by atoms with Gasteiger partial charge in [0.1, 0.15) is 23.5 Å². The lowest BCUT2D eigenvalue weighted by molar-refractivity contribution is 0.248. The number of primary amides is 1. The third-order valence-corrected chi connectivity index (χ3v) is 6.63. The first-order valence-corrected chi connectivity index (χ1v) is 12.7. The van der Waals surface area contributed by atoms with Gasteiger partial charge in [-0.3, -0.25) is 15.4 Å². The fraction of sp³-hybridized carbons (Fsp3) is 0.103. The van der Waals surface area contributed by atoms with E-state index in [0.29, 0.717) is 28.4 Å². The number of pyridine rings is 1. The molecule has 0 aliphatic carbocycles. The van der Waals surface area contributed by atoms with E-state index < -0.39 is 16.4 Å². The predicted molar refractivity (Wildman–Crippen MR) is 152 cm³/mol. The molecule has 2 aromatic carbocycles. The summed E-state index contributed by atoms with van der Waals surface area (Å²) in [5.41, 5.74) is 9.06. The summed E-state index contributed by atoms with van der Waals surface area (Å²) in [4.78, 5) is 24.9. The quantitative estimate of drug-likeness (QED) is 0.228. The van der Waals surface area contributed by atoms with E-state index in [-0.39, 0.29) is 23.2 Å². The molecule has 204 valence electrons. The van der Waals surface area contributed by atoms with Gasteiger partial charge in [-0.1, -0.05) is 23.5 Å². The van der Waals surface area contributed by atoms with Gasteiger partial charge in [0.2, 0.25) is 11.5 Å². The second-order valence-electron chi connectivity index (χ2n) is 9.68. The minimum absolute atomic E-state index is 0.0229. The van der Waals surface area contributed by atoms with Gasteiger partial charge in [0.05, 0.1) is 17.4 Å². The van der Waals surface area contributed by atoms with Crippen molar-refractivity contribution in [3.63, 3.8) is 0 Å². The number of quaternary nitrogens is 1. The number of urea groups is 1. The van der Waals surface area contributed by atoms with Gasteiger partial charge in [-0.05, 0) is 18.2 Å². The maximum atomic E-state index is 16.2. The SMILES string of the molecule is CC(C)C1=N[N+](c2ccc3ncncc3c2)(c2ccc(Oc3ccnc(-c4cn[nH]c4)c3)cc2F)C(NC(N)=O)=C1. The van der Waals surface area contributed by atoms with Crippen molar-refractivity contribution in [3.8, 4) is 22.8 Å². The van der Waals surface area contributed by atoms with Crippen LogP contribution < -0.4 is 20.4 Å². The number of H-pyrrole nitrogens is 1. The lowest BCUT2D eigenvalue weighted by Crippen LogP contribution is -2.45. The number of aromatic amines is 1. The van der Waals surface area contributed by atoms with Gasteiger partial charge in [0.25, 0.3) is 0 Å². The first-order valence-electron chi connectivity index (χ1n) is 12.7. The fourth-order valence-electron chi connectivity index (χ4n) is 4.68. The van der Waals surface area contributed by atoms with Gasteiger partial charge < -0.3 is 10.5 Å². The van der Waals surface area contributed by atoms with Gasteiger partial charge in [-0.2, -0.15) is 5.10 Å². The number of ether oxygens (including phenoxy) is 1. The number of hydrogen-bond acceptors (Lipinski definition) is 7. The Morgan fingerprint density at radius 3 is 2.68 bits per heavy atom. The number of nitrogens with one attached hydrogen (secondary N) is 2.